The number of aromatic nitrogens is 2. The first-order valence-corrected chi connectivity index (χ1v) is 6.00. The zero-order chi connectivity index (χ0) is 13.8. The number of aromatic amines is 1. The van der Waals surface area contributed by atoms with E-state index in [-0.39, 0.29) is 5.69 Å². The Balaban J connectivity index is 2.27. The number of aryl methyl sites for hydroxylation is 1. The number of nitrogens with one attached hydrogen (secondary N) is 1. The molecule has 0 unspecified atom stereocenters. The molecule has 0 atom stereocenters. The summed E-state index contributed by atoms with van der Waals surface area (Å²) in [6.45, 7) is 2.07. The van der Waals surface area contributed by atoms with Crippen LogP contribution in [-0.4, -0.2) is 21.0 Å². The second kappa shape index (κ2) is 5.48. The van der Waals surface area contributed by atoms with Gasteiger partial charge in [-0.25, -0.2) is 9.78 Å². The third-order valence-electron chi connectivity index (χ3n) is 2.81. The van der Waals surface area contributed by atoms with Gasteiger partial charge in [-0.05, 0) is 17.5 Å². The van der Waals surface area contributed by atoms with E-state index in [9.17, 15) is 9.59 Å². The molecule has 0 amide bonds. The number of carboxylic acid groups (broad SMARTS) is 1. The van der Waals surface area contributed by atoms with Crippen LogP contribution in [0.15, 0.2) is 35.1 Å². The van der Waals surface area contributed by atoms with Gasteiger partial charge in [0.05, 0.1) is 0 Å². The molecule has 2 rings (SSSR count). The monoisotopic (exact) mass is 258 g/mol. The molecule has 2 N–H and O–H groups in total. The van der Waals surface area contributed by atoms with Crippen molar-refractivity contribution in [1.29, 1.82) is 0 Å². The Morgan fingerprint density at radius 1 is 1.26 bits per heavy atom. The van der Waals surface area contributed by atoms with Gasteiger partial charge >= 0.3 is 5.97 Å². The van der Waals surface area contributed by atoms with Gasteiger partial charge in [0.2, 0.25) is 0 Å². The minimum atomic E-state index is -1.20. The number of H-pyrrole nitrogens is 1. The maximum absolute atomic E-state index is 11.3. The molecule has 0 spiro atoms. The summed E-state index contributed by atoms with van der Waals surface area (Å²) in [4.78, 5) is 28.6. The highest BCUT2D eigenvalue weighted by Gasteiger charge is 2.08. The van der Waals surface area contributed by atoms with Gasteiger partial charge in [-0.3, -0.25) is 4.79 Å². The minimum Gasteiger partial charge on any atom is -0.477 e. The van der Waals surface area contributed by atoms with Gasteiger partial charge in [-0.2, -0.15) is 0 Å². The SMILES string of the molecule is CCc1ccc(Cc2nc(C(=O)O)cc(=O)[nH]2)cc1. The summed E-state index contributed by atoms with van der Waals surface area (Å²) in [5.41, 5.74) is 1.52. The van der Waals surface area contributed by atoms with Crippen molar-refractivity contribution in [2.45, 2.75) is 19.8 Å². The molecule has 0 aliphatic heterocycles. The van der Waals surface area contributed by atoms with E-state index in [2.05, 4.69) is 16.9 Å². The predicted molar refractivity (Wildman–Crippen MR) is 70.4 cm³/mol. The number of nitrogens with zero attached hydrogens (tertiary/aromatic N) is 1. The van der Waals surface area contributed by atoms with Crippen molar-refractivity contribution >= 4 is 5.97 Å². The number of carbonyl (C=O) groups is 1. The first-order valence-electron chi connectivity index (χ1n) is 6.00. The fourth-order valence-corrected chi connectivity index (χ4v) is 1.79. The molecule has 1 aromatic heterocycles. The molecule has 19 heavy (non-hydrogen) atoms. The molecule has 0 saturated carbocycles. The summed E-state index contributed by atoms with van der Waals surface area (Å²) in [6, 6.07) is 8.90. The lowest BCUT2D eigenvalue weighted by Crippen LogP contribution is -2.15. The van der Waals surface area contributed by atoms with Crippen molar-refractivity contribution in [3.63, 3.8) is 0 Å². The Morgan fingerprint density at radius 3 is 2.47 bits per heavy atom. The normalized spacial score (nSPS) is 10.4. The van der Waals surface area contributed by atoms with Crippen molar-refractivity contribution in [3.05, 3.63) is 63.3 Å². The lowest BCUT2D eigenvalue weighted by atomic mass is 10.1. The highest BCUT2D eigenvalue weighted by molar-refractivity contribution is 5.85. The zero-order valence-corrected chi connectivity index (χ0v) is 10.5. The highest BCUT2D eigenvalue weighted by Crippen LogP contribution is 2.08. The van der Waals surface area contributed by atoms with Crippen molar-refractivity contribution in [2.75, 3.05) is 0 Å². The fraction of sp³-hybridized carbons (Fsp3) is 0.214. The summed E-state index contributed by atoms with van der Waals surface area (Å²) in [5, 5.41) is 8.85. The van der Waals surface area contributed by atoms with Gasteiger partial charge in [-0.15, -0.1) is 0 Å². The van der Waals surface area contributed by atoms with Crippen LogP contribution < -0.4 is 5.56 Å². The lowest BCUT2D eigenvalue weighted by Gasteiger charge is -2.03. The summed E-state index contributed by atoms with van der Waals surface area (Å²) in [6.07, 6.45) is 1.37. The number of hydrogen-bond acceptors (Lipinski definition) is 3. The van der Waals surface area contributed by atoms with Gasteiger partial charge < -0.3 is 10.1 Å². The van der Waals surface area contributed by atoms with Crippen molar-refractivity contribution in [3.8, 4) is 0 Å². The first kappa shape index (κ1) is 13.0. The molecule has 5 heteroatoms. The molecular formula is C14H14N2O3. The largest absolute Gasteiger partial charge is 0.477 e. The number of rotatable bonds is 4. The zero-order valence-electron chi connectivity index (χ0n) is 10.5. The molecule has 0 saturated heterocycles. The highest BCUT2D eigenvalue weighted by atomic mass is 16.4. The molecule has 1 aromatic carbocycles. The van der Waals surface area contributed by atoms with E-state index in [0.29, 0.717) is 12.2 Å². The third kappa shape index (κ3) is 3.28. The lowest BCUT2D eigenvalue weighted by molar-refractivity contribution is 0.0689. The Morgan fingerprint density at radius 2 is 1.89 bits per heavy atom. The average molecular weight is 258 g/mol. The van der Waals surface area contributed by atoms with Gasteiger partial charge in [0.15, 0.2) is 5.69 Å². The molecule has 0 aliphatic carbocycles. The average Bonchev–Trinajstić information content (AvgIpc) is 2.39. The Labute approximate surface area is 110 Å². The van der Waals surface area contributed by atoms with E-state index < -0.39 is 11.5 Å². The second-order valence-corrected chi connectivity index (χ2v) is 4.23. The molecule has 5 nitrogen and oxygen atoms in total. The van der Waals surface area contributed by atoms with E-state index in [1.165, 1.54) is 5.56 Å². The second-order valence-electron chi connectivity index (χ2n) is 4.23. The van der Waals surface area contributed by atoms with Gasteiger partial charge in [0, 0.05) is 12.5 Å². The van der Waals surface area contributed by atoms with Crippen LogP contribution in [0.2, 0.25) is 0 Å². The summed E-state index contributed by atoms with van der Waals surface area (Å²) in [5.74, 6) is -0.845. The van der Waals surface area contributed by atoms with Crippen molar-refractivity contribution in [2.24, 2.45) is 0 Å². The predicted octanol–water partition coefficient (Wildman–Crippen LogP) is 1.62. The van der Waals surface area contributed by atoms with Crippen LogP contribution in [-0.2, 0) is 12.8 Å². The van der Waals surface area contributed by atoms with Crippen LogP contribution in [0.3, 0.4) is 0 Å². The number of aromatic carboxylic acids is 1. The van der Waals surface area contributed by atoms with E-state index in [1.807, 2.05) is 24.3 Å². The number of hydrogen-bond donors (Lipinski definition) is 2. The molecule has 0 bridgehead atoms. The van der Waals surface area contributed by atoms with Crippen LogP contribution in [0.4, 0.5) is 0 Å². The maximum Gasteiger partial charge on any atom is 0.354 e. The Hall–Kier alpha value is -2.43. The van der Waals surface area contributed by atoms with E-state index >= 15 is 0 Å². The summed E-state index contributed by atoms with van der Waals surface area (Å²) >= 11 is 0. The number of benzene rings is 1. The molecule has 98 valence electrons. The van der Waals surface area contributed by atoms with Gasteiger partial charge in [-0.1, -0.05) is 31.2 Å². The molecule has 0 radical (unpaired) electrons. The topological polar surface area (TPSA) is 83.0 Å². The van der Waals surface area contributed by atoms with Crippen LogP contribution in [0.25, 0.3) is 0 Å². The molecule has 0 fully saturated rings. The Bertz CT molecular complexity index is 644. The van der Waals surface area contributed by atoms with Crippen LogP contribution in [0.1, 0.15) is 34.4 Å². The van der Waals surface area contributed by atoms with Crippen LogP contribution in [0.5, 0.6) is 0 Å². The van der Waals surface area contributed by atoms with Crippen LogP contribution in [0, 0.1) is 0 Å². The molecule has 1 heterocycles. The maximum atomic E-state index is 11.3. The smallest absolute Gasteiger partial charge is 0.354 e. The van der Waals surface area contributed by atoms with Gasteiger partial charge in [0.25, 0.3) is 5.56 Å². The number of carboxylic acids is 1. The van der Waals surface area contributed by atoms with Gasteiger partial charge in [0.1, 0.15) is 5.82 Å². The molecular weight excluding hydrogens is 244 g/mol. The van der Waals surface area contributed by atoms with E-state index in [1.54, 1.807) is 0 Å². The summed E-state index contributed by atoms with van der Waals surface area (Å²) in [7, 11) is 0. The quantitative estimate of drug-likeness (QED) is 0.873. The molecule has 0 aliphatic rings. The van der Waals surface area contributed by atoms with Crippen LogP contribution >= 0.6 is 0 Å². The Kier molecular flexibility index (Phi) is 3.75. The fourth-order valence-electron chi connectivity index (χ4n) is 1.79. The van der Waals surface area contributed by atoms with Crippen molar-refractivity contribution < 1.29 is 9.90 Å². The first-order chi connectivity index (χ1) is 9.08. The third-order valence-corrected chi connectivity index (χ3v) is 2.81. The molecule has 2 aromatic rings. The van der Waals surface area contributed by atoms with Crippen molar-refractivity contribution in [1.82, 2.24) is 9.97 Å². The summed E-state index contributed by atoms with van der Waals surface area (Å²) < 4.78 is 0. The van der Waals surface area contributed by atoms with E-state index in [0.717, 1.165) is 18.1 Å². The minimum absolute atomic E-state index is 0.232. The standard InChI is InChI=1S/C14H14N2O3/c1-2-9-3-5-10(6-4-9)7-12-15-11(14(18)19)8-13(17)16-12/h3-6,8H,2,7H2,1H3,(H,18,19)(H,15,16,17). The van der Waals surface area contributed by atoms with E-state index in [4.69, 9.17) is 5.11 Å².